The van der Waals surface area contributed by atoms with E-state index in [1.165, 1.54) is 6.07 Å². The lowest BCUT2D eigenvalue weighted by molar-refractivity contribution is -0.122. The third-order valence-electron chi connectivity index (χ3n) is 5.82. The average molecular weight is 420 g/mol. The molecule has 1 amide bonds. The maximum absolute atomic E-state index is 13.7. The average Bonchev–Trinajstić information content (AvgIpc) is 3.53. The fourth-order valence-corrected chi connectivity index (χ4v) is 3.83. The molecule has 0 aromatic heterocycles. The number of benzene rings is 1. The first-order valence-electron chi connectivity index (χ1n) is 10.8. The number of carbonyl (C=O) groups is 1. The SMILES string of the molecule is CCNC(=NCC1(c2cccc(F)c2)CC1)N1CCN(CC(=O)NCCOC)CC1. The fourth-order valence-electron chi connectivity index (χ4n) is 3.83. The van der Waals surface area contributed by atoms with E-state index in [-0.39, 0.29) is 17.1 Å². The van der Waals surface area contributed by atoms with E-state index >= 15 is 0 Å². The summed E-state index contributed by atoms with van der Waals surface area (Å²) in [5.74, 6) is 0.758. The predicted molar refractivity (Wildman–Crippen MR) is 116 cm³/mol. The number of halogens is 1. The topological polar surface area (TPSA) is 69.2 Å². The number of carbonyl (C=O) groups excluding carboxylic acids is 1. The molecule has 2 fully saturated rings. The smallest absolute Gasteiger partial charge is 0.234 e. The van der Waals surface area contributed by atoms with Crippen molar-refractivity contribution in [2.75, 3.05) is 66.1 Å². The molecule has 1 aliphatic carbocycles. The number of guanidine groups is 1. The van der Waals surface area contributed by atoms with E-state index in [4.69, 9.17) is 9.73 Å². The zero-order chi connectivity index (χ0) is 21.4. The monoisotopic (exact) mass is 419 g/mol. The van der Waals surface area contributed by atoms with Crippen molar-refractivity contribution in [1.82, 2.24) is 20.4 Å². The standard InChI is InChI=1S/C22H34FN5O2/c1-3-24-21(26-17-22(7-8-22)18-5-4-6-19(23)15-18)28-12-10-27(11-13-28)16-20(29)25-9-14-30-2/h4-6,15H,3,7-14,16-17H2,1-2H3,(H,24,26)(H,25,29). The van der Waals surface area contributed by atoms with Crippen LogP contribution in [0.3, 0.4) is 0 Å². The fraction of sp³-hybridized carbons (Fsp3) is 0.636. The lowest BCUT2D eigenvalue weighted by Gasteiger charge is -2.36. The molecular weight excluding hydrogens is 385 g/mol. The minimum atomic E-state index is -0.183. The van der Waals surface area contributed by atoms with Crippen molar-refractivity contribution < 1.29 is 13.9 Å². The zero-order valence-electron chi connectivity index (χ0n) is 18.1. The Hall–Kier alpha value is -2.19. The molecular formula is C22H34FN5O2. The van der Waals surface area contributed by atoms with Gasteiger partial charge >= 0.3 is 0 Å². The summed E-state index contributed by atoms with van der Waals surface area (Å²) in [5.41, 5.74) is 1.02. The molecule has 0 radical (unpaired) electrons. The molecule has 1 heterocycles. The summed E-state index contributed by atoms with van der Waals surface area (Å²) in [5, 5.41) is 6.26. The quantitative estimate of drug-likeness (QED) is 0.358. The number of hydrogen-bond donors (Lipinski definition) is 2. The van der Waals surface area contributed by atoms with Crippen molar-refractivity contribution in [3.63, 3.8) is 0 Å². The first kappa shape index (κ1) is 22.5. The van der Waals surface area contributed by atoms with Crippen LogP contribution in [-0.4, -0.2) is 87.7 Å². The summed E-state index contributed by atoms with van der Waals surface area (Å²) in [6, 6.07) is 6.93. The largest absolute Gasteiger partial charge is 0.383 e. The second-order valence-corrected chi connectivity index (χ2v) is 8.07. The van der Waals surface area contributed by atoms with Gasteiger partial charge in [-0.05, 0) is 37.5 Å². The summed E-state index contributed by atoms with van der Waals surface area (Å²) in [6.07, 6.45) is 2.09. The molecule has 2 aliphatic rings. The molecule has 1 saturated carbocycles. The lowest BCUT2D eigenvalue weighted by Crippen LogP contribution is -2.54. The minimum Gasteiger partial charge on any atom is -0.383 e. The first-order chi connectivity index (χ1) is 14.6. The molecule has 166 valence electrons. The second-order valence-electron chi connectivity index (χ2n) is 8.07. The Morgan fingerprint density at radius 2 is 2.00 bits per heavy atom. The molecule has 2 N–H and O–H groups in total. The van der Waals surface area contributed by atoms with Crippen LogP contribution in [0.15, 0.2) is 29.3 Å². The van der Waals surface area contributed by atoms with Gasteiger partial charge in [-0.25, -0.2) is 4.39 Å². The van der Waals surface area contributed by atoms with Crippen LogP contribution in [0, 0.1) is 5.82 Å². The van der Waals surface area contributed by atoms with Crippen LogP contribution in [0.4, 0.5) is 4.39 Å². The van der Waals surface area contributed by atoms with Crippen molar-refractivity contribution in [3.8, 4) is 0 Å². The van der Waals surface area contributed by atoms with Gasteiger partial charge in [-0.15, -0.1) is 0 Å². The van der Waals surface area contributed by atoms with Crippen molar-refractivity contribution in [2.45, 2.75) is 25.2 Å². The number of hydrogen-bond acceptors (Lipinski definition) is 4. The number of ether oxygens (including phenoxy) is 1. The summed E-state index contributed by atoms with van der Waals surface area (Å²) < 4.78 is 18.6. The van der Waals surface area contributed by atoms with Gasteiger partial charge in [-0.1, -0.05) is 12.1 Å². The van der Waals surface area contributed by atoms with Crippen LogP contribution in [0.2, 0.25) is 0 Å². The Labute approximate surface area is 178 Å². The third kappa shape index (κ3) is 6.15. The number of nitrogens with zero attached hydrogens (tertiary/aromatic N) is 3. The van der Waals surface area contributed by atoms with Crippen molar-refractivity contribution in [2.24, 2.45) is 4.99 Å². The number of methoxy groups -OCH3 is 1. The first-order valence-corrected chi connectivity index (χ1v) is 10.8. The molecule has 30 heavy (non-hydrogen) atoms. The second kappa shape index (κ2) is 10.7. The number of nitrogens with one attached hydrogen (secondary N) is 2. The van der Waals surface area contributed by atoms with Gasteiger partial charge in [0.15, 0.2) is 5.96 Å². The van der Waals surface area contributed by atoms with Crippen molar-refractivity contribution in [1.29, 1.82) is 0 Å². The van der Waals surface area contributed by atoms with Gasteiger partial charge in [0.25, 0.3) is 0 Å². The van der Waals surface area contributed by atoms with E-state index in [1.54, 1.807) is 19.2 Å². The van der Waals surface area contributed by atoms with E-state index in [0.717, 1.165) is 57.1 Å². The van der Waals surface area contributed by atoms with Crippen LogP contribution in [-0.2, 0) is 14.9 Å². The van der Waals surface area contributed by atoms with Crippen LogP contribution in [0.1, 0.15) is 25.3 Å². The van der Waals surface area contributed by atoms with E-state index < -0.39 is 0 Å². The van der Waals surface area contributed by atoms with Gasteiger partial charge in [0.1, 0.15) is 5.82 Å². The van der Waals surface area contributed by atoms with Crippen molar-refractivity contribution in [3.05, 3.63) is 35.6 Å². The van der Waals surface area contributed by atoms with Gasteiger partial charge in [-0.3, -0.25) is 14.7 Å². The van der Waals surface area contributed by atoms with Gasteiger partial charge < -0.3 is 20.3 Å². The Morgan fingerprint density at radius 3 is 2.63 bits per heavy atom. The van der Waals surface area contributed by atoms with Gasteiger partial charge in [0.2, 0.25) is 5.91 Å². The Bertz CT molecular complexity index is 730. The molecule has 0 bridgehead atoms. The van der Waals surface area contributed by atoms with Gasteiger partial charge in [0.05, 0.1) is 19.7 Å². The highest BCUT2D eigenvalue weighted by atomic mass is 19.1. The van der Waals surface area contributed by atoms with E-state index in [9.17, 15) is 9.18 Å². The lowest BCUT2D eigenvalue weighted by atomic mass is 9.96. The van der Waals surface area contributed by atoms with Crippen LogP contribution >= 0.6 is 0 Å². The molecule has 0 atom stereocenters. The number of aliphatic imine (C=N–C) groups is 1. The zero-order valence-corrected chi connectivity index (χ0v) is 18.1. The predicted octanol–water partition coefficient (Wildman–Crippen LogP) is 1.20. The molecule has 8 heteroatoms. The van der Waals surface area contributed by atoms with Crippen LogP contribution in [0.25, 0.3) is 0 Å². The van der Waals surface area contributed by atoms with E-state index in [2.05, 4.69) is 27.4 Å². The van der Waals surface area contributed by atoms with E-state index in [0.29, 0.717) is 26.2 Å². The summed E-state index contributed by atoms with van der Waals surface area (Å²) >= 11 is 0. The molecule has 1 aromatic carbocycles. The summed E-state index contributed by atoms with van der Waals surface area (Å²) in [7, 11) is 1.62. The number of rotatable bonds is 9. The van der Waals surface area contributed by atoms with E-state index in [1.807, 2.05) is 6.07 Å². The molecule has 1 saturated heterocycles. The molecule has 3 rings (SSSR count). The number of piperazine rings is 1. The van der Waals surface area contributed by atoms with Crippen molar-refractivity contribution >= 4 is 11.9 Å². The number of amides is 1. The van der Waals surface area contributed by atoms with Crippen LogP contribution < -0.4 is 10.6 Å². The Morgan fingerprint density at radius 1 is 1.23 bits per heavy atom. The Kier molecular flexibility index (Phi) is 8.04. The summed E-state index contributed by atoms with van der Waals surface area (Å²) in [6.45, 7) is 8.29. The van der Waals surface area contributed by atoms with Crippen LogP contribution in [0.5, 0.6) is 0 Å². The van der Waals surface area contributed by atoms with Gasteiger partial charge in [-0.2, -0.15) is 0 Å². The Balaban J connectivity index is 1.53. The maximum atomic E-state index is 13.7. The molecule has 0 spiro atoms. The molecule has 0 unspecified atom stereocenters. The van der Waals surface area contributed by atoms with Gasteiger partial charge in [0, 0.05) is 51.8 Å². The minimum absolute atomic E-state index is 0.0229. The highest BCUT2D eigenvalue weighted by molar-refractivity contribution is 5.80. The highest BCUT2D eigenvalue weighted by Gasteiger charge is 2.44. The highest BCUT2D eigenvalue weighted by Crippen LogP contribution is 2.48. The third-order valence-corrected chi connectivity index (χ3v) is 5.82. The molecule has 1 aliphatic heterocycles. The summed E-state index contributed by atoms with van der Waals surface area (Å²) in [4.78, 5) is 21.3. The molecule has 7 nitrogen and oxygen atoms in total. The molecule has 1 aromatic rings. The normalized spacial score (nSPS) is 18.9. The maximum Gasteiger partial charge on any atom is 0.234 e.